The topological polar surface area (TPSA) is 57.3 Å². The number of amides is 1. The fraction of sp³-hybridized carbons (Fsp3) is 0.500. The monoisotopic (exact) mass is 234 g/mol. The molecule has 1 aliphatic rings. The summed E-state index contributed by atoms with van der Waals surface area (Å²) in [6, 6.07) is 4.04. The highest BCUT2D eigenvalue weighted by molar-refractivity contribution is 5.76. The fourth-order valence-corrected chi connectivity index (χ4v) is 1.90. The van der Waals surface area contributed by atoms with E-state index in [1.165, 1.54) is 5.56 Å². The molecule has 0 spiro atoms. The van der Waals surface area contributed by atoms with E-state index in [9.17, 15) is 4.79 Å². The first-order valence-electron chi connectivity index (χ1n) is 5.89. The Hall–Kier alpha value is -1.62. The highest BCUT2D eigenvalue weighted by Crippen LogP contribution is 2.08. The third-order valence-electron chi connectivity index (χ3n) is 2.89. The molecule has 5 nitrogen and oxygen atoms in total. The molecule has 1 fully saturated rings. The van der Waals surface area contributed by atoms with E-state index in [2.05, 4.69) is 26.6 Å². The van der Waals surface area contributed by atoms with Crippen LogP contribution in [0.5, 0.6) is 0 Å². The first kappa shape index (κ1) is 11.9. The molecule has 1 aliphatic heterocycles. The van der Waals surface area contributed by atoms with Gasteiger partial charge in [-0.15, -0.1) is 0 Å². The Kier molecular flexibility index (Phi) is 3.93. The summed E-state index contributed by atoms with van der Waals surface area (Å²) in [4.78, 5) is 17.8. The fourth-order valence-electron chi connectivity index (χ4n) is 1.90. The van der Waals surface area contributed by atoms with Gasteiger partial charge in [-0.1, -0.05) is 6.07 Å². The molecule has 0 atom stereocenters. The van der Waals surface area contributed by atoms with Gasteiger partial charge in [-0.25, -0.2) is 4.98 Å². The predicted molar refractivity (Wildman–Crippen MR) is 66.7 cm³/mol. The summed E-state index contributed by atoms with van der Waals surface area (Å²) in [6.07, 6.45) is 2.47. The average molecular weight is 234 g/mol. The zero-order valence-electron chi connectivity index (χ0n) is 10.1. The molecule has 0 radical (unpaired) electrons. The molecule has 2 N–H and O–H groups in total. The number of aromatic nitrogens is 1. The minimum absolute atomic E-state index is 0.149. The van der Waals surface area contributed by atoms with E-state index in [4.69, 9.17) is 0 Å². The lowest BCUT2D eigenvalue weighted by molar-refractivity contribution is -0.120. The quantitative estimate of drug-likeness (QED) is 0.797. The van der Waals surface area contributed by atoms with Crippen LogP contribution in [0, 0.1) is 0 Å². The van der Waals surface area contributed by atoms with Crippen LogP contribution in [-0.2, 0) is 11.3 Å². The molecule has 0 saturated carbocycles. The van der Waals surface area contributed by atoms with Crippen molar-refractivity contribution in [1.82, 2.24) is 15.2 Å². The van der Waals surface area contributed by atoms with Crippen molar-refractivity contribution in [3.63, 3.8) is 0 Å². The lowest BCUT2D eigenvalue weighted by atomic mass is 10.2. The molecule has 1 saturated heterocycles. The van der Waals surface area contributed by atoms with E-state index in [0.29, 0.717) is 6.42 Å². The lowest BCUT2D eigenvalue weighted by Gasteiger charge is -2.18. The summed E-state index contributed by atoms with van der Waals surface area (Å²) < 4.78 is 0. The van der Waals surface area contributed by atoms with Crippen molar-refractivity contribution in [2.75, 3.05) is 32.0 Å². The van der Waals surface area contributed by atoms with Crippen molar-refractivity contribution in [1.29, 1.82) is 0 Å². The molecule has 2 rings (SSSR count). The van der Waals surface area contributed by atoms with Crippen molar-refractivity contribution in [2.24, 2.45) is 0 Å². The van der Waals surface area contributed by atoms with Crippen LogP contribution < -0.4 is 10.6 Å². The molecule has 0 aliphatic carbocycles. The maximum atomic E-state index is 11.2. The Balaban J connectivity index is 1.92. The van der Waals surface area contributed by atoms with Gasteiger partial charge in [0.05, 0.1) is 0 Å². The number of nitrogens with zero attached hydrogens (tertiary/aromatic N) is 2. The SMILES string of the molecule is CNc1ccc(CN2CCNC(=O)CC2)cn1. The first-order valence-corrected chi connectivity index (χ1v) is 5.89. The minimum Gasteiger partial charge on any atom is -0.373 e. The van der Waals surface area contributed by atoms with Gasteiger partial charge in [0.25, 0.3) is 0 Å². The zero-order chi connectivity index (χ0) is 12.1. The van der Waals surface area contributed by atoms with Crippen LogP contribution in [0.2, 0.25) is 0 Å². The summed E-state index contributed by atoms with van der Waals surface area (Å²) in [7, 11) is 1.86. The lowest BCUT2D eigenvalue weighted by Crippen LogP contribution is -2.28. The Bertz CT molecular complexity index is 377. The number of pyridine rings is 1. The number of rotatable bonds is 3. The highest BCUT2D eigenvalue weighted by atomic mass is 16.1. The van der Waals surface area contributed by atoms with E-state index in [1.807, 2.05) is 19.3 Å². The van der Waals surface area contributed by atoms with E-state index in [1.54, 1.807) is 0 Å². The van der Waals surface area contributed by atoms with Crippen LogP contribution in [0.4, 0.5) is 5.82 Å². The van der Waals surface area contributed by atoms with Crippen LogP contribution >= 0.6 is 0 Å². The molecule has 1 amide bonds. The Morgan fingerprint density at radius 3 is 3.06 bits per heavy atom. The second-order valence-electron chi connectivity index (χ2n) is 4.18. The molecular formula is C12H18N4O. The van der Waals surface area contributed by atoms with E-state index in [0.717, 1.165) is 32.0 Å². The maximum absolute atomic E-state index is 11.2. The highest BCUT2D eigenvalue weighted by Gasteiger charge is 2.13. The van der Waals surface area contributed by atoms with Gasteiger partial charge in [-0.05, 0) is 11.6 Å². The van der Waals surface area contributed by atoms with Crippen LogP contribution in [-0.4, -0.2) is 42.5 Å². The van der Waals surface area contributed by atoms with Crippen LogP contribution in [0.1, 0.15) is 12.0 Å². The number of nitrogens with one attached hydrogen (secondary N) is 2. The maximum Gasteiger partial charge on any atom is 0.221 e. The molecular weight excluding hydrogens is 216 g/mol. The number of hydrogen-bond donors (Lipinski definition) is 2. The second-order valence-corrected chi connectivity index (χ2v) is 4.18. The Labute approximate surface area is 101 Å². The largest absolute Gasteiger partial charge is 0.373 e. The van der Waals surface area contributed by atoms with E-state index < -0.39 is 0 Å². The molecule has 0 aromatic carbocycles. The molecule has 0 bridgehead atoms. The minimum atomic E-state index is 0.149. The third kappa shape index (κ3) is 3.42. The molecule has 0 unspecified atom stereocenters. The summed E-state index contributed by atoms with van der Waals surface area (Å²) in [5.74, 6) is 1.03. The van der Waals surface area contributed by atoms with Gasteiger partial charge in [0.2, 0.25) is 5.91 Å². The first-order chi connectivity index (χ1) is 8.28. The standard InChI is InChI=1S/C12H18N4O/c1-13-11-3-2-10(8-15-11)9-16-6-4-12(17)14-5-7-16/h2-3,8H,4-7,9H2,1H3,(H,13,15)(H,14,17). The molecule has 92 valence electrons. The zero-order valence-corrected chi connectivity index (χ0v) is 10.1. The molecule has 17 heavy (non-hydrogen) atoms. The second kappa shape index (κ2) is 5.63. The summed E-state index contributed by atoms with van der Waals surface area (Å²) in [5, 5.41) is 5.87. The molecule has 1 aromatic heterocycles. The van der Waals surface area contributed by atoms with Gasteiger partial charge >= 0.3 is 0 Å². The number of hydrogen-bond acceptors (Lipinski definition) is 4. The van der Waals surface area contributed by atoms with Crippen LogP contribution in [0.3, 0.4) is 0 Å². The number of anilines is 1. The van der Waals surface area contributed by atoms with E-state index >= 15 is 0 Å². The van der Waals surface area contributed by atoms with Gasteiger partial charge in [-0.3, -0.25) is 9.69 Å². The van der Waals surface area contributed by atoms with Gasteiger partial charge in [0.1, 0.15) is 5.82 Å². The molecule has 1 aromatic rings. The van der Waals surface area contributed by atoms with Crippen molar-refractivity contribution < 1.29 is 4.79 Å². The van der Waals surface area contributed by atoms with Gasteiger partial charge in [0, 0.05) is 45.8 Å². The molecule has 5 heteroatoms. The number of carbonyl (C=O) groups is 1. The predicted octanol–water partition coefficient (Wildman–Crippen LogP) is 0.445. The van der Waals surface area contributed by atoms with Gasteiger partial charge in [-0.2, -0.15) is 0 Å². The molecule has 2 heterocycles. The Morgan fingerprint density at radius 1 is 1.47 bits per heavy atom. The summed E-state index contributed by atoms with van der Waals surface area (Å²) >= 11 is 0. The number of carbonyl (C=O) groups excluding carboxylic acids is 1. The third-order valence-corrected chi connectivity index (χ3v) is 2.89. The van der Waals surface area contributed by atoms with Crippen LogP contribution in [0.15, 0.2) is 18.3 Å². The van der Waals surface area contributed by atoms with Gasteiger partial charge in [0.15, 0.2) is 0 Å². The summed E-state index contributed by atoms with van der Waals surface area (Å²) in [6.45, 7) is 3.31. The van der Waals surface area contributed by atoms with Crippen molar-refractivity contribution in [3.8, 4) is 0 Å². The van der Waals surface area contributed by atoms with Crippen LogP contribution in [0.25, 0.3) is 0 Å². The van der Waals surface area contributed by atoms with Crippen molar-refractivity contribution in [2.45, 2.75) is 13.0 Å². The van der Waals surface area contributed by atoms with Crippen molar-refractivity contribution in [3.05, 3.63) is 23.9 Å². The average Bonchev–Trinajstić information content (AvgIpc) is 2.56. The Morgan fingerprint density at radius 2 is 2.35 bits per heavy atom. The smallest absolute Gasteiger partial charge is 0.221 e. The van der Waals surface area contributed by atoms with E-state index in [-0.39, 0.29) is 5.91 Å². The normalized spacial score (nSPS) is 17.4. The summed E-state index contributed by atoms with van der Waals surface area (Å²) in [5.41, 5.74) is 1.18. The van der Waals surface area contributed by atoms with Gasteiger partial charge < -0.3 is 10.6 Å². The van der Waals surface area contributed by atoms with Crippen molar-refractivity contribution >= 4 is 11.7 Å².